The van der Waals surface area contributed by atoms with Crippen LogP contribution in [0.5, 0.6) is 5.75 Å². The number of aromatic nitrogens is 1. The fraction of sp³-hybridized carbons (Fsp3) is 0.235. The number of nitrogens with zero attached hydrogens (tertiary/aromatic N) is 1. The van der Waals surface area contributed by atoms with Crippen LogP contribution >= 0.6 is 0 Å². The van der Waals surface area contributed by atoms with Gasteiger partial charge in [0.2, 0.25) is 0 Å². The average Bonchev–Trinajstić information content (AvgIpc) is 2.61. The first-order valence-electron chi connectivity index (χ1n) is 7.05. The summed E-state index contributed by atoms with van der Waals surface area (Å²) in [5.41, 5.74) is 1.32. The SMILES string of the molecule is COC(=O)[C@H](Cc1ccc(OC)cc1)NC(=O)c1ccncc1. The van der Waals surface area contributed by atoms with Gasteiger partial charge in [0.15, 0.2) is 0 Å². The average molecular weight is 314 g/mol. The van der Waals surface area contributed by atoms with E-state index in [4.69, 9.17) is 9.47 Å². The fourth-order valence-electron chi connectivity index (χ4n) is 2.08. The van der Waals surface area contributed by atoms with Crippen LogP contribution in [-0.2, 0) is 16.0 Å². The van der Waals surface area contributed by atoms with Crippen molar-refractivity contribution in [3.63, 3.8) is 0 Å². The van der Waals surface area contributed by atoms with Gasteiger partial charge in [0.1, 0.15) is 11.8 Å². The minimum absolute atomic E-state index is 0.327. The molecule has 2 rings (SSSR count). The van der Waals surface area contributed by atoms with E-state index < -0.39 is 12.0 Å². The standard InChI is InChI=1S/C17H18N2O4/c1-22-14-5-3-12(4-6-14)11-15(17(21)23-2)19-16(20)13-7-9-18-10-8-13/h3-10,15H,11H2,1-2H3,(H,19,20)/t15-/m0/s1. The lowest BCUT2D eigenvalue weighted by molar-refractivity contribution is -0.142. The third kappa shape index (κ3) is 4.54. The van der Waals surface area contributed by atoms with Crippen molar-refractivity contribution < 1.29 is 19.1 Å². The first kappa shape index (κ1) is 16.5. The Morgan fingerprint density at radius 3 is 2.30 bits per heavy atom. The number of esters is 1. The molecule has 0 unspecified atom stereocenters. The summed E-state index contributed by atoms with van der Waals surface area (Å²) >= 11 is 0. The first-order valence-corrected chi connectivity index (χ1v) is 7.05. The van der Waals surface area contributed by atoms with E-state index in [1.54, 1.807) is 31.4 Å². The summed E-state index contributed by atoms with van der Waals surface area (Å²) in [6, 6.07) is 9.67. The van der Waals surface area contributed by atoms with E-state index in [1.807, 2.05) is 12.1 Å². The molecule has 1 N–H and O–H groups in total. The summed E-state index contributed by atoms with van der Waals surface area (Å²) in [4.78, 5) is 28.0. The Balaban J connectivity index is 2.10. The van der Waals surface area contributed by atoms with Crippen molar-refractivity contribution in [1.82, 2.24) is 10.3 Å². The van der Waals surface area contributed by atoms with Crippen LogP contribution in [0, 0.1) is 0 Å². The highest BCUT2D eigenvalue weighted by molar-refractivity contribution is 5.96. The summed E-state index contributed by atoms with van der Waals surface area (Å²) < 4.78 is 9.87. The van der Waals surface area contributed by atoms with Crippen molar-refractivity contribution in [2.45, 2.75) is 12.5 Å². The topological polar surface area (TPSA) is 77.5 Å². The van der Waals surface area contributed by atoms with Crippen molar-refractivity contribution in [1.29, 1.82) is 0 Å². The molecule has 1 aromatic heterocycles. The van der Waals surface area contributed by atoms with E-state index in [9.17, 15) is 9.59 Å². The molecule has 1 aromatic carbocycles. The summed E-state index contributed by atoms with van der Waals surface area (Å²) in [7, 11) is 2.88. The normalized spacial score (nSPS) is 11.4. The van der Waals surface area contributed by atoms with Crippen LogP contribution < -0.4 is 10.1 Å². The number of rotatable bonds is 6. The molecule has 23 heavy (non-hydrogen) atoms. The molecule has 1 atom stereocenters. The van der Waals surface area contributed by atoms with Gasteiger partial charge in [-0.05, 0) is 29.8 Å². The van der Waals surface area contributed by atoms with Crippen LogP contribution in [-0.4, -0.2) is 37.1 Å². The molecular weight excluding hydrogens is 296 g/mol. The Bertz CT molecular complexity index is 656. The molecule has 0 aliphatic carbocycles. The summed E-state index contributed by atoms with van der Waals surface area (Å²) in [6.45, 7) is 0. The number of amides is 1. The van der Waals surface area contributed by atoms with Crippen molar-refractivity contribution in [3.8, 4) is 5.75 Å². The fourth-order valence-corrected chi connectivity index (χ4v) is 2.08. The number of benzene rings is 1. The van der Waals surface area contributed by atoms with Crippen molar-refractivity contribution in [2.75, 3.05) is 14.2 Å². The minimum Gasteiger partial charge on any atom is -0.497 e. The molecule has 0 aliphatic heterocycles. The predicted octanol–water partition coefficient (Wildman–Crippen LogP) is 1.60. The second-order valence-electron chi connectivity index (χ2n) is 4.84. The van der Waals surface area contributed by atoms with Gasteiger partial charge in [-0.1, -0.05) is 12.1 Å². The Hall–Kier alpha value is -2.89. The molecule has 1 heterocycles. The van der Waals surface area contributed by atoms with Crippen LogP contribution in [0.25, 0.3) is 0 Å². The molecule has 0 radical (unpaired) electrons. The molecule has 6 heteroatoms. The van der Waals surface area contributed by atoms with E-state index in [0.717, 1.165) is 11.3 Å². The Kier molecular flexibility index (Phi) is 5.68. The lowest BCUT2D eigenvalue weighted by atomic mass is 10.1. The maximum absolute atomic E-state index is 12.2. The molecule has 1 amide bonds. The van der Waals surface area contributed by atoms with Gasteiger partial charge in [0.05, 0.1) is 14.2 Å². The smallest absolute Gasteiger partial charge is 0.328 e. The van der Waals surface area contributed by atoms with Gasteiger partial charge in [-0.2, -0.15) is 0 Å². The first-order chi connectivity index (χ1) is 11.1. The second kappa shape index (κ2) is 7.93. The summed E-state index contributed by atoms with van der Waals surface area (Å²) in [5, 5.41) is 2.69. The van der Waals surface area contributed by atoms with E-state index >= 15 is 0 Å². The van der Waals surface area contributed by atoms with Crippen molar-refractivity contribution in [3.05, 3.63) is 59.9 Å². The van der Waals surface area contributed by atoms with Crippen LogP contribution in [0.1, 0.15) is 15.9 Å². The van der Waals surface area contributed by atoms with Gasteiger partial charge < -0.3 is 14.8 Å². The highest BCUT2D eigenvalue weighted by Crippen LogP contribution is 2.13. The Morgan fingerprint density at radius 1 is 1.09 bits per heavy atom. The van der Waals surface area contributed by atoms with E-state index in [0.29, 0.717) is 12.0 Å². The molecule has 2 aromatic rings. The molecule has 0 aliphatic rings. The van der Waals surface area contributed by atoms with Crippen LogP contribution in [0.4, 0.5) is 0 Å². The van der Waals surface area contributed by atoms with Gasteiger partial charge in [0, 0.05) is 24.4 Å². The maximum atomic E-state index is 12.2. The molecular formula is C17H18N2O4. The van der Waals surface area contributed by atoms with E-state index in [1.165, 1.54) is 19.5 Å². The number of hydrogen-bond donors (Lipinski definition) is 1. The number of carbonyl (C=O) groups is 2. The lowest BCUT2D eigenvalue weighted by Crippen LogP contribution is -2.43. The third-order valence-electron chi connectivity index (χ3n) is 3.33. The van der Waals surface area contributed by atoms with Crippen LogP contribution in [0.15, 0.2) is 48.8 Å². The summed E-state index contributed by atoms with van der Waals surface area (Å²) in [5.74, 6) is -0.122. The molecule has 0 saturated carbocycles. The molecule has 120 valence electrons. The predicted molar refractivity (Wildman–Crippen MR) is 84.2 cm³/mol. The van der Waals surface area contributed by atoms with Gasteiger partial charge in [-0.25, -0.2) is 4.79 Å². The molecule has 0 fully saturated rings. The van der Waals surface area contributed by atoms with Crippen LogP contribution in [0.2, 0.25) is 0 Å². The molecule has 0 bridgehead atoms. The van der Waals surface area contributed by atoms with Crippen LogP contribution in [0.3, 0.4) is 0 Å². The largest absolute Gasteiger partial charge is 0.497 e. The lowest BCUT2D eigenvalue weighted by Gasteiger charge is -2.17. The monoisotopic (exact) mass is 314 g/mol. The van der Waals surface area contributed by atoms with E-state index in [-0.39, 0.29) is 5.91 Å². The van der Waals surface area contributed by atoms with Gasteiger partial charge in [-0.3, -0.25) is 9.78 Å². The van der Waals surface area contributed by atoms with Gasteiger partial charge in [-0.15, -0.1) is 0 Å². The van der Waals surface area contributed by atoms with Gasteiger partial charge in [0.25, 0.3) is 5.91 Å². The molecule has 0 saturated heterocycles. The number of hydrogen-bond acceptors (Lipinski definition) is 5. The number of pyridine rings is 1. The third-order valence-corrected chi connectivity index (χ3v) is 3.33. The Labute approximate surface area is 134 Å². The zero-order valence-corrected chi connectivity index (χ0v) is 13.0. The van der Waals surface area contributed by atoms with Gasteiger partial charge >= 0.3 is 5.97 Å². The second-order valence-corrected chi connectivity index (χ2v) is 4.84. The maximum Gasteiger partial charge on any atom is 0.328 e. The number of methoxy groups -OCH3 is 2. The highest BCUT2D eigenvalue weighted by Gasteiger charge is 2.22. The minimum atomic E-state index is -0.769. The molecule has 0 spiro atoms. The summed E-state index contributed by atoms with van der Waals surface area (Å²) in [6.07, 6.45) is 3.37. The van der Waals surface area contributed by atoms with E-state index in [2.05, 4.69) is 10.3 Å². The number of ether oxygens (including phenoxy) is 2. The zero-order valence-electron chi connectivity index (χ0n) is 13.0. The number of nitrogens with one attached hydrogen (secondary N) is 1. The van der Waals surface area contributed by atoms with Crippen molar-refractivity contribution >= 4 is 11.9 Å². The zero-order chi connectivity index (χ0) is 16.7. The Morgan fingerprint density at radius 2 is 1.74 bits per heavy atom. The molecule has 6 nitrogen and oxygen atoms in total. The quantitative estimate of drug-likeness (QED) is 0.820. The van der Waals surface area contributed by atoms with Crippen molar-refractivity contribution in [2.24, 2.45) is 0 Å². The highest BCUT2D eigenvalue weighted by atomic mass is 16.5. The number of carbonyl (C=O) groups excluding carboxylic acids is 2.